The summed E-state index contributed by atoms with van der Waals surface area (Å²) in [5.74, 6) is 3.32. The number of hydrogen-bond acceptors (Lipinski definition) is 8. The van der Waals surface area contributed by atoms with E-state index in [2.05, 4.69) is 387 Å². The Hall–Kier alpha value is -16.5. The number of nitrogens with zero attached hydrogens (tertiary/aromatic N) is 8. The standard InChI is InChI=1S/C120H72N8OS/c1-118(2)94-43-18-14-42-90(94)106-91(74-32-27-33-77(64-74)115-122-113(71-30-7-4-8-31-71)124-117(126-115)128-103-49-24-15-39-85(103)88-61-62-89-87-41-17-26-51-105(87)130-111(89)109(88)128)68-93-86-40-16-25-50-104(86)127(108(93)107(106)118)116-123-112(70-28-5-3-6-29-70)121-114(125-116)72-54-52-69(53-55-72)73-58-63-100-92(65-73)82-38-13-23-48-99(82)120(100)98-47-22-12-37-81(98)84-60-57-76(67-102(84)120)110(129)75-56-59-83-80-36-11-21-46-97(80)119(101(83)66-75)95-44-19-9-34-78(95)79-35-10-20-45-96(79)119/h3-68H,1-2H3. The van der Waals surface area contributed by atoms with E-state index in [0.717, 1.165) is 122 Å². The molecule has 5 aliphatic carbocycles. The van der Waals surface area contributed by atoms with E-state index < -0.39 is 16.2 Å². The summed E-state index contributed by atoms with van der Waals surface area (Å²) in [6, 6.07) is 144. The minimum Gasteiger partial charge on any atom is -0.289 e. The Morgan fingerprint density at radius 2 is 0.654 bits per heavy atom. The zero-order chi connectivity index (χ0) is 85.6. The highest BCUT2D eigenvalue weighted by atomic mass is 32.1. The van der Waals surface area contributed by atoms with Crippen LogP contribution in [0.3, 0.4) is 0 Å². The van der Waals surface area contributed by atoms with Crippen molar-refractivity contribution < 1.29 is 4.79 Å². The molecule has 0 fully saturated rings. The van der Waals surface area contributed by atoms with Crippen LogP contribution in [0.2, 0.25) is 0 Å². The third kappa shape index (κ3) is 9.91. The van der Waals surface area contributed by atoms with Gasteiger partial charge in [-0.1, -0.05) is 366 Å². The number of rotatable bonds is 10. The van der Waals surface area contributed by atoms with Gasteiger partial charge in [0.2, 0.25) is 11.9 Å². The summed E-state index contributed by atoms with van der Waals surface area (Å²) in [6.07, 6.45) is 0. The predicted molar refractivity (Wildman–Crippen MR) is 527 cm³/mol. The first-order valence-electron chi connectivity index (χ1n) is 44.5. The number of benzene rings is 18. The van der Waals surface area contributed by atoms with Gasteiger partial charge in [0, 0.05) is 75.8 Å². The second-order valence-electron chi connectivity index (χ2n) is 35.7. The fourth-order valence-corrected chi connectivity index (χ4v) is 24.6. The number of carbonyl (C=O) groups is 1. The van der Waals surface area contributed by atoms with E-state index in [1.807, 2.05) is 47.7 Å². The number of para-hydroxylation sites is 2. The second-order valence-corrected chi connectivity index (χ2v) is 36.7. The molecule has 0 saturated heterocycles. The van der Waals surface area contributed by atoms with Crippen molar-refractivity contribution in [1.29, 1.82) is 0 Å². The molecule has 0 saturated carbocycles. The van der Waals surface area contributed by atoms with Crippen LogP contribution in [0.4, 0.5) is 0 Å². The zero-order valence-electron chi connectivity index (χ0n) is 70.5. The maximum absolute atomic E-state index is 15.8. The van der Waals surface area contributed by atoms with Crippen LogP contribution < -0.4 is 0 Å². The summed E-state index contributed by atoms with van der Waals surface area (Å²) < 4.78 is 7.00. The third-order valence-electron chi connectivity index (χ3n) is 28.9. The maximum atomic E-state index is 15.8. The quantitative estimate of drug-likeness (QED) is 0.126. The number of fused-ring (bicyclic) bond motifs is 34. The molecule has 604 valence electrons. The number of hydrogen-bond donors (Lipinski definition) is 0. The highest BCUT2D eigenvalue weighted by molar-refractivity contribution is 7.26. The van der Waals surface area contributed by atoms with Gasteiger partial charge < -0.3 is 0 Å². The molecule has 1 unspecified atom stereocenters. The number of ketones is 1. The summed E-state index contributed by atoms with van der Waals surface area (Å²) in [4.78, 5) is 49.0. The minimum absolute atomic E-state index is 0.00595. The molecule has 5 aliphatic rings. The molecule has 28 rings (SSSR count). The molecule has 23 aromatic rings. The molecule has 9 nitrogen and oxygen atoms in total. The minimum atomic E-state index is -0.711. The third-order valence-corrected chi connectivity index (χ3v) is 30.1. The van der Waals surface area contributed by atoms with Crippen molar-refractivity contribution in [3.05, 3.63) is 467 Å². The highest BCUT2D eigenvalue weighted by Gasteiger charge is 2.54. The second kappa shape index (κ2) is 27.0. The molecule has 18 aromatic carbocycles. The van der Waals surface area contributed by atoms with Gasteiger partial charge in [0.05, 0.1) is 37.6 Å². The van der Waals surface area contributed by atoms with Crippen LogP contribution in [0.1, 0.15) is 85.4 Å². The fraction of sp³-hybridized carbons (Fsp3) is 0.0417. The molecule has 5 aromatic heterocycles. The van der Waals surface area contributed by atoms with Crippen molar-refractivity contribution >= 4 is 80.9 Å². The summed E-state index contributed by atoms with van der Waals surface area (Å²) in [5.41, 5.74) is 35.2. The molecule has 0 aliphatic heterocycles. The van der Waals surface area contributed by atoms with E-state index in [0.29, 0.717) is 46.3 Å². The Balaban J connectivity index is 0.562. The lowest BCUT2D eigenvalue weighted by Crippen LogP contribution is -2.26. The van der Waals surface area contributed by atoms with Gasteiger partial charge in [0.1, 0.15) is 0 Å². The van der Waals surface area contributed by atoms with Crippen LogP contribution in [0.5, 0.6) is 0 Å². The van der Waals surface area contributed by atoms with Crippen LogP contribution >= 0.6 is 11.3 Å². The van der Waals surface area contributed by atoms with Crippen molar-refractivity contribution in [3.63, 3.8) is 0 Å². The molecule has 10 heteroatoms. The van der Waals surface area contributed by atoms with E-state index in [1.165, 1.54) is 98.1 Å². The van der Waals surface area contributed by atoms with Crippen LogP contribution in [-0.2, 0) is 16.2 Å². The largest absolute Gasteiger partial charge is 0.289 e. The van der Waals surface area contributed by atoms with Gasteiger partial charge >= 0.3 is 0 Å². The first kappa shape index (κ1) is 72.7. The summed E-state index contributed by atoms with van der Waals surface area (Å²) in [6.45, 7) is 4.74. The predicted octanol–water partition coefficient (Wildman–Crippen LogP) is 28.8. The zero-order valence-corrected chi connectivity index (χ0v) is 71.3. The average Bonchev–Trinajstić information content (AvgIpc) is 1.51. The average molecular weight is 1670 g/mol. The first-order chi connectivity index (χ1) is 64.1. The molecule has 0 bridgehead atoms. The van der Waals surface area contributed by atoms with Gasteiger partial charge in [-0.3, -0.25) is 13.9 Å². The topological polar surface area (TPSA) is 104 Å². The molecular formula is C120H72N8OS. The summed E-state index contributed by atoms with van der Waals surface area (Å²) in [5, 5.41) is 6.87. The van der Waals surface area contributed by atoms with Crippen LogP contribution in [0.15, 0.2) is 400 Å². The van der Waals surface area contributed by atoms with Gasteiger partial charge in [-0.05, 0) is 182 Å². The monoisotopic (exact) mass is 1670 g/mol. The van der Waals surface area contributed by atoms with Gasteiger partial charge in [-0.25, -0.2) is 9.97 Å². The highest BCUT2D eigenvalue weighted by Crippen LogP contribution is 2.66. The SMILES string of the molecule is CC1(C)c2ccccc2-c2c(-c3cccc(-c4nc(-c5ccccc5)nc(-n5c6ccccc6c6ccc7c8ccccc8sc7c65)n4)c3)cc3c4ccccc4n(-c4nc(-c5ccccc5)nc(-c5ccc(-c6ccc7c(c6)-c6ccccc6C76c7ccccc7-c7ccc(C(=O)c8ccc9c(c8)C8(c%10ccccc%10-c%10ccccc%108)c8ccccc8-9)cc76)cc5)n4)c3c21. The van der Waals surface area contributed by atoms with Crippen LogP contribution in [0.25, 0.3) is 199 Å². The smallest absolute Gasteiger partial charge is 0.238 e. The Labute approximate surface area is 752 Å². The Morgan fingerprint density at radius 3 is 1.21 bits per heavy atom. The van der Waals surface area contributed by atoms with Crippen molar-refractivity contribution in [2.45, 2.75) is 30.1 Å². The Kier molecular flexibility index (Phi) is 15.1. The molecule has 0 amide bonds. The van der Waals surface area contributed by atoms with Gasteiger partial charge in [-0.15, -0.1) is 11.3 Å². The van der Waals surface area contributed by atoms with E-state index in [1.54, 1.807) is 0 Å². The molecule has 0 radical (unpaired) electrons. The Bertz CT molecular complexity index is 8880. The molecule has 130 heavy (non-hydrogen) atoms. The molecule has 0 N–H and O–H groups in total. The Morgan fingerprint density at radius 1 is 0.254 bits per heavy atom. The van der Waals surface area contributed by atoms with E-state index >= 15 is 4.79 Å². The van der Waals surface area contributed by atoms with Crippen molar-refractivity contribution in [2.24, 2.45) is 0 Å². The normalized spacial score (nSPS) is 14.6. The molecule has 1 atom stereocenters. The molecular weight excluding hydrogens is 1600 g/mol. The lowest BCUT2D eigenvalue weighted by molar-refractivity contribution is 0.103. The number of thiophene rings is 1. The van der Waals surface area contributed by atoms with E-state index in [9.17, 15) is 0 Å². The molecule has 5 heterocycles. The van der Waals surface area contributed by atoms with Crippen LogP contribution in [-0.4, -0.2) is 44.8 Å². The van der Waals surface area contributed by atoms with E-state index in [4.69, 9.17) is 29.9 Å². The van der Waals surface area contributed by atoms with Crippen LogP contribution in [0, 0.1) is 0 Å². The van der Waals surface area contributed by atoms with Crippen molar-refractivity contribution in [2.75, 3.05) is 0 Å². The number of aromatic nitrogens is 8. The van der Waals surface area contributed by atoms with Crippen molar-refractivity contribution in [1.82, 2.24) is 39.0 Å². The van der Waals surface area contributed by atoms with Crippen molar-refractivity contribution in [3.8, 4) is 135 Å². The maximum Gasteiger partial charge on any atom is 0.238 e. The fourth-order valence-electron chi connectivity index (χ4n) is 23.4. The van der Waals surface area contributed by atoms with Gasteiger partial charge in [0.15, 0.2) is 29.1 Å². The number of carbonyl (C=O) groups excluding carboxylic acids is 1. The van der Waals surface area contributed by atoms with E-state index in [-0.39, 0.29) is 5.78 Å². The lowest BCUT2D eigenvalue weighted by Gasteiger charge is -2.31. The summed E-state index contributed by atoms with van der Waals surface area (Å²) in [7, 11) is 0. The first-order valence-corrected chi connectivity index (χ1v) is 45.3. The van der Waals surface area contributed by atoms with Gasteiger partial charge in [-0.2, -0.15) is 19.9 Å². The molecule has 2 spiro atoms. The summed E-state index contributed by atoms with van der Waals surface area (Å²) >= 11 is 1.81. The lowest BCUT2D eigenvalue weighted by atomic mass is 9.70. The van der Waals surface area contributed by atoms with Gasteiger partial charge in [0.25, 0.3) is 0 Å².